The summed E-state index contributed by atoms with van der Waals surface area (Å²) in [6.45, 7) is -2.78. The number of rotatable bonds is 8. The van der Waals surface area contributed by atoms with Gasteiger partial charge in [0.05, 0.1) is 6.61 Å². The van der Waals surface area contributed by atoms with Crippen molar-refractivity contribution in [1.82, 2.24) is 0 Å². The van der Waals surface area contributed by atoms with Crippen molar-refractivity contribution in [2.24, 2.45) is 0 Å². The molecule has 0 radical (unpaired) electrons. The summed E-state index contributed by atoms with van der Waals surface area (Å²) in [5.74, 6) is -1.07. The van der Waals surface area contributed by atoms with Gasteiger partial charge >= 0.3 is 58.4 Å². The normalized spacial score (nSPS) is 11.1. The van der Waals surface area contributed by atoms with Crippen molar-refractivity contribution >= 4 is 12.4 Å². The molecule has 7 heteroatoms. The number of hydrogen-bond acceptors (Lipinski definition) is 1. The molecule has 0 saturated carbocycles. The van der Waals surface area contributed by atoms with Crippen LogP contribution in [-0.4, -0.2) is 13.6 Å². The summed E-state index contributed by atoms with van der Waals surface area (Å²) in [7, 11) is 0. The van der Waals surface area contributed by atoms with Crippen LogP contribution in [0.4, 0.5) is 17.3 Å². The fourth-order valence-corrected chi connectivity index (χ4v) is 1.72. The Morgan fingerprint density at radius 1 is 1.05 bits per heavy atom. The number of benzene rings is 1. The molecule has 20 heavy (non-hydrogen) atoms. The molecule has 0 N–H and O–H groups in total. The van der Waals surface area contributed by atoms with Crippen LogP contribution in [0.3, 0.4) is 0 Å². The van der Waals surface area contributed by atoms with Gasteiger partial charge in [-0.05, 0) is 18.6 Å². The van der Waals surface area contributed by atoms with Crippen LogP contribution in [0.2, 0.25) is 0 Å². The van der Waals surface area contributed by atoms with E-state index in [0.717, 1.165) is 50.3 Å². The molecule has 0 saturated heterocycles. The Kier molecular flexibility index (Phi) is 10.4. The molecule has 0 amide bonds. The van der Waals surface area contributed by atoms with Crippen molar-refractivity contribution < 1.29 is 73.5 Å². The molecule has 0 aliphatic heterocycles. The van der Waals surface area contributed by atoms with Crippen LogP contribution in [0.5, 0.6) is 5.75 Å². The smallest absolute Gasteiger partial charge is 0.491 e. The van der Waals surface area contributed by atoms with E-state index in [4.69, 9.17) is 4.74 Å². The second-order valence-electron chi connectivity index (χ2n) is 4.53. The molecule has 0 aliphatic carbocycles. The van der Waals surface area contributed by atoms with E-state index in [2.05, 4.69) is 6.92 Å². The van der Waals surface area contributed by atoms with Crippen LogP contribution in [0.25, 0.3) is 0 Å². The van der Waals surface area contributed by atoms with Gasteiger partial charge < -0.3 is 17.7 Å². The van der Waals surface area contributed by atoms with Gasteiger partial charge in [0.25, 0.3) is 0 Å². The van der Waals surface area contributed by atoms with Crippen LogP contribution in [0, 0.1) is 5.82 Å². The molecule has 108 valence electrons. The maximum Gasteiger partial charge on any atom is 1.00 e. The number of halogens is 4. The predicted molar refractivity (Wildman–Crippen MR) is 69.4 cm³/mol. The Morgan fingerprint density at radius 2 is 1.70 bits per heavy atom. The zero-order chi connectivity index (χ0) is 14.3. The summed E-state index contributed by atoms with van der Waals surface area (Å²) < 4.78 is 55.9. The standard InChI is InChI=1S/C13H18BF4O.K/c1-2-3-4-5-6-9-19-13-10-11(14(16,17)18)7-8-12(13)15;/h7-8,10H,2-6,9H2,1H3;/q-1;+1. The Balaban J connectivity index is 0.00000361. The molecular formula is C13H18BF4KO. The van der Waals surface area contributed by atoms with E-state index < -0.39 is 18.3 Å². The Bertz CT molecular complexity index is 398. The van der Waals surface area contributed by atoms with Gasteiger partial charge in [0.15, 0.2) is 11.6 Å². The van der Waals surface area contributed by atoms with Gasteiger partial charge in [-0.3, -0.25) is 0 Å². The largest absolute Gasteiger partial charge is 1.00 e. The van der Waals surface area contributed by atoms with Crippen molar-refractivity contribution in [3.63, 3.8) is 0 Å². The summed E-state index contributed by atoms with van der Waals surface area (Å²) in [5, 5.41) is 0. The third kappa shape index (κ3) is 7.45. The van der Waals surface area contributed by atoms with Crippen LogP contribution in [0.1, 0.15) is 39.0 Å². The first kappa shape index (κ1) is 20.4. The molecule has 0 spiro atoms. The fourth-order valence-electron chi connectivity index (χ4n) is 1.72. The minimum atomic E-state index is -5.12. The first-order valence-electron chi connectivity index (χ1n) is 6.57. The van der Waals surface area contributed by atoms with E-state index in [-0.39, 0.29) is 63.7 Å². The van der Waals surface area contributed by atoms with E-state index in [9.17, 15) is 17.3 Å². The summed E-state index contributed by atoms with van der Waals surface area (Å²) in [6.07, 6.45) is 4.97. The predicted octanol–water partition coefficient (Wildman–Crippen LogP) is 1.23. The number of ether oxygens (including phenoxy) is 1. The first-order valence-corrected chi connectivity index (χ1v) is 6.57. The summed E-state index contributed by atoms with van der Waals surface area (Å²) in [5.41, 5.74) is -0.831. The zero-order valence-corrected chi connectivity index (χ0v) is 15.1. The molecule has 0 aliphatic rings. The fraction of sp³-hybridized carbons (Fsp3) is 0.538. The molecule has 1 aromatic carbocycles. The van der Waals surface area contributed by atoms with Crippen LogP contribution in [-0.2, 0) is 0 Å². The van der Waals surface area contributed by atoms with Crippen LogP contribution < -0.4 is 61.6 Å². The quantitative estimate of drug-likeness (QED) is 0.398. The van der Waals surface area contributed by atoms with E-state index in [1.165, 1.54) is 0 Å². The minimum absolute atomic E-state index is 0. The van der Waals surface area contributed by atoms with Gasteiger partial charge in [-0.2, -0.15) is 0 Å². The molecule has 0 aromatic heterocycles. The third-order valence-corrected chi connectivity index (χ3v) is 2.84. The van der Waals surface area contributed by atoms with E-state index in [1.54, 1.807) is 0 Å². The van der Waals surface area contributed by atoms with Gasteiger partial charge in [-0.25, -0.2) is 4.39 Å². The average molecular weight is 316 g/mol. The summed E-state index contributed by atoms with van der Waals surface area (Å²) in [6, 6.07) is 2.28. The van der Waals surface area contributed by atoms with E-state index >= 15 is 0 Å². The summed E-state index contributed by atoms with van der Waals surface area (Å²) >= 11 is 0. The Labute approximate surface area is 159 Å². The molecule has 0 atom stereocenters. The minimum Gasteiger partial charge on any atom is -0.491 e. The van der Waals surface area contributed by atoms with E-state index in [0.29, 0.717) is 0 Å². The van der Waals surface area contributed by atoms with Gasteiger partial charge in [0, 0.05) is 0 Å². The number of unbranched alkanes of at least 4 members (excludes halogenated alkanes) is 4. The molecule has 0 fully saturated rings. The molecule has 1 nitrogen and oxygen atoms in total. The Hall–Kier alpha value is 0.441. The molecule has 0 unspecified atom stereocenters. The van der Waals surface area contributed by atoms with Crippen LogP contribution >= 0.6 is 0 Å². The van der Waals surface area contributed by atoms with E-state index in [1.807, 2.05) is 0 Å². The topological polar surface area (TPSA) is 9.23 Å². The molecular weight excluding hydrogens is 298 g/mol. The molecule has 0 heterocycles. The van der Waals surface area contributed by atoms with Gasteiger partial charge in [-0.1, -0.05) is 38.7 Å². The second-order valence-corrected chi connectivity index (χ2v) is 4.53. The average Bonchev–Trinajstić information content (AvgIpc) is 2.34. The van der Waals surface area contributed by atoms with Crippen molar-refractivity contribution in [2.45, 2.75) is 39.0 Å². The van der Waals surface area contributed by atoms with Crippen molar-refractivity contribution in [1.29, 1.82) is 0 Å². The van der Waals surface area contributed by atoms with Gasteiger partial charge in [-0.15, -0.1) is 5.46 Å². The van der Waals surface area contributed by atoms with Crippen molar-refractivity contribution in [2.75, 3.05) is 6.61 Å². The summed E-state index contributed by atoms with van der Waals surface area (Å²) in [4.78, 5) is 0. The molecule has 1 rings (SSSR count). The number of hydrogen-bond donors (Lipinski definition) is 0. The maximum atomic E-state index is 13.3. The SMILES string of the molecule is CCCCCCCOc1cc([B-](F)(F)F)ccc1F.[K+]. The van der Waals surface area contributed by atoms with Crippen LogP contribution in [0.15, 0.2) is 18.2 Å². The molecule has 1 aromatic rings. The zero-order valence-electron chi connectivity index (χ0n) is 12.0. The Morgan fingerprint density at radius 3 is 2.30 bits per heavy atom. The van der Waals surface area contributed by atoms with Gasteiger partial charge in [0.2, 0.25) is 0 Å². The van der Waals surface area contributed by atoms with Crippen molar-refractivity contribution in [3.8, 4) is 5.75 Å². The monoisotopic (exact) mass is 316 g/mol. The molecule has 0 bridgehead atoms. The second kappa shape index (κ2) is 10.2. The maximum absolute atomic E-state index is 13.3. The van der Waals surface area contributed by atoms with Gasteiger partial charge in [0.1, 0.15) is 0 Å². The third-order valence-electron chi connectivity index (χ3n) is 2.84. The first-order chi connectivity index (χ1) is 8.95. The van der Waals surface area contributed by atoms with Crippen molar-refractivity contribution in [3.05, 3.63) is 24.0 Å².